The van der Waals surface area contributed by atoms with Crippen LogP contribution in [0.3, 0.4) is 0 Å². The number of carbonyl (C=O) groups excluding carboxylic acids is 4. The number of nitrogens with one attached hydrogen (secondary N) is 2. The summed E-state index contributed by atoms with van der Waals surface area (Å²) in [5.41, 5.74) is 9.21. The molecule has 3 aliphatic heterocycles. The van der Waals surface area contributed by atoms with E-state index in [0.717, 1.165) is 71.7 Å². The summed E-state index contributed by atoms with van der Waals surface area (Å²) in [6.45, 7) is 24.7. The highest BCUT2D eigenvalue weighted by Gasteiger charge is 2.53. The molecule has 81 heavy (non-hydrogen) atoms. The van der Waals surface area contributed by atoms with E-state index in [1.165, 1.54) is 61.5 Å². The lowest BCUT2D eigenvalue weighted by Crippen LogP contribution is -2.54. The van der Waals surface area contributed by atoms with E-state index < -0.39 is 52.2 Å². The van der Waals surface area contributed by atoms with Crippen LogP contribution in [0.1, 0.15) is 108 Å². The minimum Gasteiger partial charge on any atom is -0.453 e. The summed E-state index contributed by atoms with van der Waals surface area (Å²) in [6.07, 6.45) is 11.3. The second kappa shape index (κ2) is 24.8. The molecule has 18 nitrogen and oxygen atoms in total. The molecule has 4 fully saturated rings. The van der Waals surface area contributed by atoms with Gasteiger partial charge in [-0.1, -0.05) is 116 Å². The maximum Gasteiger partial charge on any atom is 0.412 e. The van der Waals surface area contributed by atoms with Gasteiger partial charge >= 0.3 is 12.2 Å². The summed E-state index contributed by atoms with van der Waals surface area (Å²) >= 11 is 0. The highest BCUT2D eigenvalue weighted by molar-refractivity contribution is 6.76. The van der Waals surface area contributed by atoms with E-state index in [2.05, 4.69) is 90.5 Å². The molecule has 5 aliphatic rings. The Bertz CT molecular complexity index is 2860. The molecule has 2 aromatic heterocycles. The fraction of sp³-hybridized carbons (Fsp3) is 0.639. The summed E-state index contributed by atoms with van der Waals surface area (Å²) in [4.78, 5) is 74.0. The van der Waals surface area contributed by atoms with Crippen LogP contribution in [0, 0.1) is 17.3 Å². The molecule has 9 rings (SSSR count). The fourth-order valence-electron chi connectivity index (χ4n) is 13.0. The number of fused-ring (bicyclic) bond motifs is 1. The number of amides is 4. The number of alkyl carbamates (subject to hydrolysis) is 1. The average molecular weight is 1150 g/mol. The van der Waals surface area contributed by atoms with E-state index >= 15 is 4.79 Å². The maximum atomic E-state index is 15.1. The van der Waals surface area contributed by atoms with Crippen molar-refractivity contribution in [3.05, 3.63) is 71.6 Å². The molecule has 4 atom stereocenters. The standard InChI is InChI=1S/C61H90N8O10Si2/c1-40(2)52(65-58(72)74-5)56(70)67-37-61(78-26-27-79-61)34-50(67)54-62-35-48(64-54)43-19-17-42(18-20-43)44-21-22-45(47-33-60(32-46(44)47)23-13-14-24-60)51-36-63-55(68(51)38-76-28-30-80(7,8)9)49-16-15-25-66(49)57(71)53(41(3)4)69(59(73)75-6)39-77-29-31-81(10,11)12/h17-22,35-36,40-41,49-50,52-53H,13-16,23-34,37-39H2,1-12H3,(H,62,64)(H,65,72)/t49-,50-,52-,53-/m0/s1. The van der Waals surface area contributed by atoms with Crippen molar-refractivity contribution in [2.75, 3.05) is 60.5 Å². The molecule has 20 heteroatoms. The van der Waals surface area contributed by atoms with Gasteiger partial charge in [0.1, 0.15) is 37.2 Å². The SMILES string of the molecule is COC(=O)N[C@H](C(=O)N1CC2(C[C@H]1c1ncc(-c3ccc(-c4ccc(-c5cnc([C@@H]6CCCN6C(=O)[C@H](C(C)C)N(COCC[Si](C)(C)C)C(=O)OC)n5COCC[Si](C)(C)C)c5c4CC4(CCCC4)C5)cc3)[nH]1)OCCO2)C(C)C. The van der Waals surface area contributed by atoms with E-state index in [-0.39, 0.29) is 48.4 Å². The summed E-state index contributed by atoms with van der Waals surface area (Å²) in [5, 5.41) is 2.74. The van der Waals surface area contributed by atoms with Crippen molar-refractivity contribution in [2.24, 2.45) is 17.3 Å². The molecule has 0 radical (unpaired) electrons. The monoisotopic (exact) mass is 1150 g/mol. The molecule has 4 amide bonds. The number of imidazole rings is 2. The molecule has 0 unspecified atom stereocenters. The minimum absolute atomic E-state index is 0.0249. The maximum absolute atomic E-state index is 15.1. The number of benzene rings is 2. The fourth-order valence-corrected chi connectivity index (χ4v) is 14.5. The lowest BCUT2D eigenvalue weighted by molar-refractivity contribution is -0.153. The molecule has 4 aromatic rings. The first-order valence-corrected chi connectivity index (χ1v) is 37.0. The largest absolute Gasteiger partial charge is 0.453 e. The zero-order chi connectivity index (χ0) is 58.0. The van der Waals surface area contributed by atoms with Crippen LogP contribution in [-0.2, 0) is 57.6 Å². The predicted molar refractivity (Wildman–Crippen MR) is 316 cm³/mol. The third-order valence-electron chi connectivity index (χ3n) is 17.5. The first kappa shape index (κ1) is 60.2. The summed E-state index contributed by atoms with van der Waals surface area (Å²) < 4.78 is 37.4. The van der Waals surface area contributed by atoms with Gasteiger partial charge in [0.15, 0.2) is 5.79 Å². The van der Waals surface area contributed by atoms with Crippen LogP contribution < -0.4 is 5.32 Å². The molecule has 442 valence electrons. The van der Waals surface area contributed by atoms with Crippen molar-refractivity contribution in [1.82, 2.24) is 39.5 Å². The van der Waals surface area contributed by atoms with Crippen LogP contribution in [0.25, 0.3) is 33.6 Å². The van der Waals surface area contributed by atoms with Gasteiger partial charge in [0, 0.05) is 47.9 Å². The number of hydrogen-bond acceptors (Lipinski definition) is 12. The van der Waals surface area contributed by atoms with Gasteiger partial charge in [-0.3, -0.25) is 14.5 Å². The van der Waals surface area contributed by atoms with Crippen LogP contribution in [0.4, 0.5) is 9.59 Å². The molecular formula is C61H90N8O10Si2. The number of rotatable bonds is 21. The van der Waals surface area contributed by atoms with Crippen LogP contribution >= 0.6 is 0 Å². The molecule has 3 saturated heterocycles. The Kier molecular flexibility index (Phi) is 18.5. The van der Waals surface area contributed by atoms with E-state index in [1.54, 1.807) is 4.90 Å². The number of likely N-dealkylation sites (tertiary alicyclic amines) is 2. The van der Waals surface area contributed by atoms with E-state index in [9.17, 15) is 14.4 Å². The van der Waals surface area contributed by atoms with Crippen molar-refractivity contribution in [3.8, 4) is 33.6 Å². The zero-order valence-corrected chi connectivity index (χ0v) is 52.3. The highest BCUT2D eigenvalue weighted by atomic mass is 28.3. The quantitative estimate of drug-likeness (QED) is 0.0456. The topological polar surface area (TPSA) is 192 Å². The van der Waals surface area contributed by atoms with Crippen LogP contribution in [0.15, 0.2) is 48.8 Å². The van der Waals surface area contributed by atoms with Crippen molar-refractivity contribution in [2.45, 2.75) is 174 Å². The Morgan fingerprint density at radius 1 is 0.765 bits per heavy atom. The smallest absolute Gasteiger partial charge is 0.412 e. The van der Waals surface area contributed by atoms with Gasteiger partial charge in [0.25, 0.3) is 0 Å². The predicted octanol–water partition coefficient (Wildman–Crippen LogP) is 11.0. The van der Waals surface area contributed by atoms with Crippen LogP contribution in [-0.4, -0.2) is 153 Å². The van der Waals surface area contributed by atoms with Crippen molar-refractivity contribution < 1.29 is 47.6 Å². The van der Waals surface area contributed by atoms with Gasteiger partial charge in [-0.2, -0.15) is 0 Å². The lowest BCUT2D eigenvalue weighted by atomic mass is 9.82. The normalized spacial score (nSPS) is 20.2. The second-order valence-corrected chi connectivity index (χ2v) is 37.8. The van der Waals surface area contributed by atoms with E-state index in [1.807, 2.05) is 45.0 Å². The minimum atomic E-state index is -1.41. The summed E-state index contributed by atoms with van der Waals surface area (Å²) in [7, 11) is -0.157. The zero-order valence-electron chi connectivity index (χ0n) is 50.3. The van der Waals surface area contributed by atoms with Crippen LogP contribution in [0.5, 0.6) is 0 Å². The van der Waals surface area contributed by atoms with Gasteiger partial charge in [-0.15, -0.1) is 0 Å². The number of aromatic nitrogens is 4. The first-order chi connectivity index (χ1) is 38.5. The highest BCUT2D eigenvalue weighted by Crippen LogP contribution is 2.53. The number of carbonyl (C=O) groups is 4. The Morgan fingerprint density at radius 3 is 2.04 bits per heavy atom. The Morgan fingerprint density at radius 2 is 1.41 bits per heavy atom. The van der Waals surface area contributed by atoms with Crippen LogP contribution in [0.2, 0.25) is 51.4 Å². The van der Waals surface area contributed by atoms with E-state index in [4.69, 9.17) is 38.4 Å². The van der Waals surface area contributed by atoms with Gasteiger partial charge in [0.2, 0.25) is 11.8 Å². The Hall–Kier alpha value is -5.39. The Balaban J connectivity index is 1.02. The third kappa shape index (κ3) is 13.4. The van der Waals surface area contributed by atoms with Gasteiger partial charge in [0.05, 0.1) is 69.8 Å². The molecule has 2 aromatic carbocycles. The van der Waals surface area contributed by atoms with E-state index in [0.29, 0.717) is 51.9 Å². The molecule has 2 spiro atoms. The first-order valence-electron chi connectivity index (χ1n) is 29.6. The number of hydrogen-bond donors (Lipinski definition) is 2. The number of ether oxygens (including phenoxy) is 6. The van der Waals surface area contributed by atoms with Crippen molar-refractivity contribution in [1.29, 1.82) is 0 Å². The van der Waals surface area contributed by atoms with Crippen molar-refractivity contribution >= 4 is 40.1 Å². The third-order valence-corrected chi connectivity index (χ3v) is 20.9. The van der Waals surface area contributed by atoms with Gasteiger partial charge in [-0.05, 0) is 95.7 Å². The molecule has 2 aliphatic carbocycles. The molecule has 1 saturated carbocycles. The second-order valence-electron chi connectivity index (χ2n) is 26.5. The molecule has 2 N–H and O–H groups in total. The summed E-state index contributed by atoms with van der Waals surface area (Å²) in [5.74, 6) is -0.331. The van der Waals surface area contributed by atoms with Gasteiger partial charge < -0.3 is 53.1 Å². The number of nitrogens with zero attached hydrogens (tertiary/aromatic N) is 6. The van der Waals surface area contributed by atoms with Crippen molar-refractivity contribution in [3.63, 3.8) is 0 Å². The number of aromatic amines is 1. The van der Waals surface area contributed by atoms with Gasteiger partial charge in [-0.25, -0.2) is 19.6 Å². The molecule has 0 bridgehead atoms. The number of H-pyrrole nitrogens is 1. The lowest BCUT2D eigenvalue weighted by Gasteiger charge is -2.36. The molecule has 5 heterocycles. The molecular weight excluding hydrogens is 1060 g/mol. The Labute approximate surface area is 481 Å². The average Bonchev–Trinajstić information content (AvgIpc) is 3.90. The summed E-state index contributed by atoms with van der Waals surface area (Å²) in [6, 6.07) is 12.8. The number of methoxy groups -OCH3 is 2.